The van der Waals surface area contributed by atoms with Gasteiger partial charge in [0.2, 0.25) is 0 Å². The SMILES string of the molecule is NCc1cccc(C(=O)c2csc3ccccc23)c1. The lowest BCUT2D eigenvalue weighted by molar-refractivity contribution is 0.104. The highest BCUT2D eigenvalue weighted by Gasteiger charge is 2.14. The van der Waals surface area contributed by atoms with Gasteiger partial charge in [-0.05, 0) is 17.7 Å². The predicted octanol–water partition coefficient (Wildman–Crippen LogP) is 3.59. The normalized spacial score (nSPS) is 10.8. The number of carbonyl (C=O) groups is 1. The maximum absolute atomic E-state index is 12.6. The molecule has 0 aliphatic heterocycles. The summed E-state index contributed by atoms with van der Waals surface area (Å²) in [5.41, 5.74) is 8.07. The number of ketones is 1. The third-order valence-corrected chi connectivity index (χ3v) is 4.11. The first-order valence-corrected chi connectivity index (χ1v) is 6.97. The molecule has 0 amide bonds. The van der Waals surface area contributed by atoms with Crippen LogP contribution in [0.3, 0.4) is 0 Å². The smallest absolute Gasteiger partial charge is 0.194 e. The van der Waals surface area contributed by atoms with Crippen LogP contribution >= 0.6 is 11.3 Å². The molecule has 0 unspecified atom stereocenters. The zero-order chi connectivity index (χ0) is 13.2. The van der Waals surface area contributed by atoms with Crippen LogP contribution in [0.15, 0.2) is 53.9 Å². The summed E-state index contributed by atoms with van der Waals surface area (Å²) in [5.74, 6) is 0.0627. The Balaban J connectivity index is 2.08. The van der Waals surface area contributed by atoms with E-state index >= 15 is 0 Å². The fourth-order valence-electron chi connectivity index (χ4n) is 2.15. The van der Waals surface area contributed by atoms with Crippen LogP contribution in [0.5, 0.6) is 0 Å². The lowest BCUT2D eigenvalue weighted by Crippen LogP contribution is -2.03. The van der Waals surface area contributed by atoms with Crippen molar-refractivity contribution < 1.29 is 4.79 Å². The third-order valence-electron chi connectivity index (χ3n) is 3.15. The molecule has 3 rings (SSSR count). The van der Waals surface area contributed by atoms with E-state index < -0.39 is 0 Å². The molecule has 2 aromatic carbocycles. The van der Waals surface area contributed by atoms with Crippen LogP contribution < -0.4 is 5.73 Å². The Kier molecular flexibility index (Phi) is 3.15. The molecule has 0 aliphatic rings. The maximum Gasteiger partial charge on any atom is 0.194 e. The van der Waals surface area contributed by atoms with Gasteiger partial charge in [0.05, 0.1) is 0 Å². The monoisotopic (exact) mass is 267 g/mol. The van der Waals surface area contributed by atoms with Gasteiger partial charge in [-0.25, -0.2) is 0 Å². The van der Waals surface area contributed by atoms with Gasteiger partial charge in [-0.2, -0.15) is 0 Å². The van der Waals surface area contributed by atoms with Crippen LogP contribution in [0.4, 0.5) is 0 Å². The first-order valence-electron chi connectivity index (χ1n) is 6.09. The van der Waals surface area contributed by atoms with E-state index in [1.807, 2.05) is 53.9 Å². The zero-order valence-electron chi connectivity index (χ0n) is 10.3. The summed E-state index contributed by atoms with van der Waals surface area (Å²) >= 11 is 1.60. The molecule has 0 aliphatic carbocycles. The molecule has 1 aromatic heterocycles. The Labute approximate surface area is 115 Å². The molecule has 0 bridgehead atoms. The molecule has 0 spiro atoms. The molecule has 0 radical (unpaired) electrons. The Morgan fingerprint density at radius 2 is 1.95 bits per heavy atom. The van der Waals surface area contributed by atoms with Crippen LogP contribution in [-0.2, 0) is 6.54 Å². The van der Waals surface area contributed by atoms with Crippen molar-refractivity contribution in [3.05, 3.63) is 70.6 Å². The molecule has 2 nitrogen and oxygen atoms in total. The molecule has 94 valence electrons. The van der Waals surface area contributed by atoms with E-state index in [0.717, 1.165) is 21.2 Å². The molecule has 2 N–H and O–H groups in total. The number of benzene rings is 2. The van der Waals surface area contributed by atoms with Gasteiger partial charge < -0.3 is 5.73 Å². The topological polar surface area (TPSA) is 43.1 Å². The summed E-state index contributed by atoms with van der Waals surface area (Å²) in [6.07, 6.45) is 0. The first-order chi connectivity index (χ1) is 9.29. The Morgan fingerprint density at radius 3 is 2.79 bits per heavy atom. The van der Waals surface area contributed by atoms with E-state index in [4.69, 9.17) is 5.73 Å². The summed E-state index contributed by atoms with van der Waals surface area (Å²) in [4.78, 5) is 12.6. The lowest BCUT2D eigenvalue weighted by Gasteiger charge is -2.02. The van der Waals surface area contributed by atoms with Crippen molar-refractivity contribution >= 4 is 27.2 Å². The maximum atomic E-state index is 12.6. The number of rotatable bonds is 3. The molecule has 1 heterocycles. The molecular weight excluding hydrogens is 254 g/mol. The van der Waals surface area contributed by atoms with Crippen molar-refractivity contribution in [3.8, 4) is 0 Å². The van der Waals surface area contributed by atoms with Gasteiger partial charge >= 0.3 is 0 Å². The molecule has 0 saturated heterocycles. The largest absolute Gasteiger partial charge is 0.326 e. The van der Waals surface area contributed by atoms with Gasteiger partial charge in [-0.15, -0.1) is 11.3 Å². The summed E-state index contributed by atoms with van der Waals surface area (Å²) in [7, 11) is 0. The van der Waals surface area contributed by atoms with E-state index in [1.54, 1.807) is 11.3 Å². The van der Waals surface area contributed by atoms with Crippen molar-refractivity contribution in [1.29, 1.82) is 0 Å². The summed E-state index contributed by atoms with van der Waals surface area (Å²) in [5, 5.41) is 2.96. The van der Waals surface area contributed by atoms with Gasteiger partial charge in [0.15, 0.2) is 5.78 Å². The van der Waals surface area contributed by atoms with Crippen LogP contribution in [0.1, 0.15) is 21.5 Å². The molecule has 3 aromatic rings. The van der Waals surface area contributed by atoms with Crippen LogP contribution in [-0.4, -0.2) is 5.78 Å². The minimum Gasteiger partial charge on any atom is -0.326 e. The molecule has 0 fully saturated rings. The van der Waals surface area contributed by atoms with Gasteiger partial charge in [-0.1, -0.05) is 36.4 Å². The van der Waals surface area contributed by atoms with E-state index in [-0.39, 0.29) is 5.78 Å². The first kappa shape index (κ1) is 12.1. The fourth-order valence-corrected chi connectivity index (χ4v) is 3.09. The second kappa shape index (κ2) is 4.96. The van der Waals surface area contributed by atoms with Crippen molar-refractivity contribution in [2.45, 2.75) is 6.54 Å². The second-order valence-electron chi connectivity index (χ2n) is 4.38. The number of hydrogen-bond acceptors (Lipinski definition) is 3. The molecule has 0 saturated carbocycles. The van der Waals surface area contributed by atoms with E-state index in [9.17, 15) is 4.79 Å². The number of carbonyl (C=O) groups excluding carboxylic acids is 1. The van der Waals surface area contributed by atoms with Gasteiger partial charge in [0, 0.05) is 33.1 Å². The van der Waals surface area contributed by atoms with E-state index in [2.05, 4.69) is 0 Å². The average molecular weight is 267 g/mol. The summed E-state index contributed by atoms with van der Waals surface area (Å²) in [6.45, 7) is 0.450. The summed E-state index contributed by atoms with van der Waals surface area (Å²) < 4.78 is 1.14. The minimum atomic E-state index is 0.0627. The standard InChI is InChI=1S/C16H13NOS/c17-9-11-4-3-5-12(8-11)16(18)14-10-19-15-7-2-1-6-13(14)15/h1-8,10H,9,17H2. The van der Waals surface area contributed by atoms with Crippen molar-refractivity contribution in [2.24, 2.45) is 5.73 Å². The van der Waals surface area contributed by atoms with Crippen molar-refractivity contribution in [1.82, 2.24) is 0 Å². The number of thiophene rings is 1. The second-order valence-corrected chi connectivity index (χ2v) is 5.29. The number of fused-ring (bicyclic) bond motifs is 1. The summed E-state index contributed by atoms with van der Waals surface area (Å²) in [6, 6.07) is 15.5. The Bertz CT molecular complexity index is 745. The van der Waals surface area contributed by atoms with Gasteiger partial charge in [0.25, 0.3) is 0 Å². The highest BCUT2D eigenvalue weighted by Crippen LogP contribution is 2.27. The predicted molar refractivity (Wildman–Crippen MR) is 79.6 cm³/mol. The molecule has 3 heteroatoms. The molecule has 19 heavy (non-hydrogen) atoms. The highest BCUT2D eigenvalue weighted by atomic mass is 32.1. The van der Waals surface area contributed by atoms with Crippen LogP contribution in [0, 0.1) is 0 Å². The number of hydrogen-bond donors (Lipinski definition) is 1. The van der Waals surface area contributed by atoms with E-state index in [0.29, 0.717) is 12.1 Å². The average Bonchev–Trinajstić information content (AvgIpc) is 2.90. The zero-order valence-corrected chi connectivity index (χ0v) is 11.1. The molecule has 0 atom stereocenters. The Morgan fingerprint density at radius 1 is 1.11 bits per heavy atom. The minimum absolute atomic E-state index is 0.0627. The fraction of sp³-hybridized carbons (Fsp3) is 0.0625. The lowest BCUT2D eigenvalue weighted by atomic mass is 10.0. The van der Waals surface area contributed by atoms with Crippen LogP contribution in [0.2, 0.25) is 0 Å². The highest BCUT2D eigenvalue weighted by molar-refractivity contribution is 7.17. The van der Waals surface area contributed by atoms with Crippen molar-refractivity contribution in [2.75, 3.05) is 0 Å². The Hall–Kier alpha value is -1.97. The quantitative estimate of drug-likeness (QED) is 0.737. The van der Waals surface area contributed by atoms with Crippen LogP contribution in [0.25, 0.3) is 10.1 Å². The third kappa shape index (κ3) is 2.18. The van der Waals surface area contributed by atoms with E-state index in [1.165, 1.54) is 0 Å². The number of nitrogens with two attached hydrogens (primary N) is 1. The van der Waals surface area contributed by atoms with Gasteiger partial charge in [0.1, 0.15) is 0 Å². The van der Waals surface area contributed by atoms with Crippen molar-refractivity contribution in [3.63, 3.8) is 0 Å². The molecular formula is C16H13NOS. The van der Waals surface area contributed by atoms with Gasteiger partial charge in [-0.3, -0.25) is 4.79 Å².